The van der Waals surface area contributed by atoms with Gasteiger partial charge in [0.15, 0.2) is 8.32 Å². The minimum atomic E-state index is -1.89. The van der Waals surface area contributed by atoms with E-state index in [4.69, 9.17) is 4.43 Å². The van der Waals surface area contributed by atoms with E-state index in [2.05, 4.69) is 54.6 Å². The average molecular weight is 353 g/mol. The maximum absolute atomic E-state index is 13.1. The lowest BCUT2D eigenvalue weighted by atomic mass is 9.47. The van der Waals surface area contributed by atoms with Crippen LogP contribution in [0.4, 0.5) is 0 Å². The fourth-order valence-electron chi connectivity index (χ4n) is 6.16. The molecule has 24 heavy (non-hydrogen) atoms. The number of ketones is 1. The second-order valence-corrected chi connectivity index (χ2v) is 15.7. The fraction of sp³-hybridized carbons (Fsp3) is 0.950. The van der Waals surface area contributed by atoms with E-state index in [1.807, 2.05) is 0 Å². The number of hydrogen-bond acceptors (Lipinski definition) is 3. The molecule has 0 spiro atoms. The number of carbonyl (C=O) groups is 1. The Morgan fingerprint density at radius 2 is 1.79 bits per heavy atom. The number of hydrogen-bond donors (Lipinski definition) is 1. The van der Waals surface area contributed by atoms with Crippen molar-refractivity contribution in [1.29, 1.82) is 0 Å². The minimum absolute atomic E-state index is 0.0553. The van der Waals surface area contributed by atoms with Crippen molar-refractivity contribution in [2.75, 3.05) is 0 Å². The summed E-state index contributed by atoms with van der Waals surface area (Å²) in [5.74, 6) is 0.534. The molecule has 3 rings (SSSR count). The van der Waals surface area contributed by atoms with E-state index in [1.54, 1.807) is 0 Å². The third-order valence-corrected chi connectivity index (χ3v) is 13.2. The van der Waals surface area contributed by atoms with Crippen LogP contribution in [0.5, 0.6) is 0 Å². The van der Waals surface area contributed by atoms with E-state index in [-0.39, 0.29) is 34.0 Å². The molecule has 0 aromatic rings. The Morgan fingerprint density at radius 3 is 2.33 bits per heavy atom. The van der Waals surface area contributed by atoms with Gasteiger partial charge >= 0.3 is 0 Å². The average Bonchev–Trinajstić information content (AvgIpc) is 2.77. The first-order valence-corrected chi connectivity index (χ1v) is 12.5. The first kappa shape index (κ1) is 18.6. The lowest BCUT2D eigenvalue weighted by Crippen LogP contribution is -2.61. The van der Waals surface area contributed by atoms with E-state index in [1.165, 1.54) is 0 Å². The first-order chi connectivity index (χ1) is 10.7. The zero-order chi connectivity index (χ0) is 18.3. The van der Waals surface area contributed by atoms with Crippen molar-refractivity contribution in [1.82, 2.24) is 0 Å². The summed E-state index contributed by atoms with van der Waals surface area (Å²) in [4.78, 5) is 13.1. The van der Waals surface area contributed by atoms with Gasteiger partial charge in [0.1, 0.15) is 5.78 Å². The minimum Gasteiger partial charge on any atom is -0.413 e. The molecule has 3 fully saturated rings. The highest BCUT2D eigenvalue weighted by molar-refractivity contribution is 6.74. The Balaban J connectivity index is 2.00. The summed E-state index contributed by atoms with van der Waals surface area (Å²) in [6.45, 7) is 18.2. The van der Waals surface area contributed by atoms with Crippen molar-refractivity contribution < 1.29 is 14.3 Å². The molecule has 1 N–H and O–H groups in total. The molecule has 0 radical (unpaired) electrons. The van der Waals surface area contributed by atoms with Gasteiger partial charge in [-0.3, -0.25) is 4.79 Å². The fourth-order valence-corrected chi connectivity index (χ4v) is 7.64. The van der Waals surface area contributed by atoms with Crippen molar-refractivity contribution >= 4 is 14.1 Å². The molecule has 4 heteroatoms. The van der Waals surface area contributed by atoms with Crippen LogP contribution in [0.3, 0.4) is 0 Å². The lowest BCUT2D eigenvalue weighted by Gasteiger charge is -2.59. The van der Waals surface area contributed by atoms with Gasteiger partial charge in [0.2, 0.25) is 0 Å². The van der Waals surface area contributed by atoms with E-state index < -0.39 is 13.7 Å². The van der Waals surface area contributed by atoms with Crippen LogP contribution in [-0.4, -0.2) is 31.4 Å². The molecule has 0 saturated heterocycles. The third-order valence-electron chi connectivity index (χ3n) is 8.73. The number of aliphatic hydroxyl groups is 1. The van der Waals surface area contributed by atoms with E-state index in [0.29, 0.717) is 18.6 Å². The van der Waals surface area contributed by atoms with Crippen LogP contribution in [0.25, 0.3) is 0 Å². The Morgan fingerprint density at radius 1 is 1.21 bits per heavy atom. The van der Waals surface area contributed by atoms with Gasteiger partial charge in [-0.1, -0.05) is 41.5 Å². The number of Topliss-reactive ketones (excluding diaryl/α,β-unsaturated/α-hetero) is 1. The summed E-state index contributed by atoms with van der Waals surface area (Å²) in [5.41, 5.74) is -0.686. The summed E-state index contributed by atoms with van der Waals surface area (Å²) >= 11 is 0. The highest BCUT2D eigenvalue weighted by Crippen LogP contribution is 2.75. The first-order valence-electron chi connectivity index (χ1n) is 9.60. The molecule has 0 amide bonds. The summed E-state index contributed by atoms with van der Waals surface area (Å²) in [6.07, 6.45) is 3.00. The standard InChI is InChI=1S/C20H36O3Si/c1-17(2,3)24(7,8)23-16-9-10-19(6)13-11-15(22)20(19,12-14(13)21)18(16,4)5/h13-14,16,21H,9-12H2,1-8H3/t13-,14-,16-,19+,20+/m0/s1. The predicted octanol–water partition coefficient (Wildman–Crippen LogP) is 4.54. The molecule has 0 aliphatic heterocycles. The van der Waals surface area contributed by atoms with Crippen molar-refractivity contribution in [3.05, 3.63) is 0 Å². The Hall–Kier alpha value is -0.193. The van der Waals surface area contributed by atoms with Gasteiger partial charge in [-0.25, -0.2) is 0 Å². The van der Waals surface area contributed by atoms with Gasteiger partial charge in [-0.15, -0.1) is 0 Å². The summed E-state index contributed by atoms with van der Waals surface area (Å²) < 4.78 is 6.85. The maximum atomic E-state index is 13.1. The normalized spacial score (nSPS) is 44.7. The van der Waals surface area contributed by atoms with E-state index in [0.717, 1.165) is 12.8 Å². The molecule has 138 valence electrons. The van der Waals surface area contributed by atoms with Gasteiger partial charge in [0.25, 0.3) is 0 Å². The SMILES string of the molecule is CC1(C)[C@@H](O[Si](C)(C)C(C)(C)C)CC[C@]2(C)[C@H]3CC(=O)[C@]12C[C@@H]3O. The van der Waals surface area contributed by atoms with Gasteiger partial charge in [0, 0.05) is 17.3 Å². The number of carbonyl (C=O) groups excluding carboxylic acids is 1. The molecule has 0 heterocycles. The highest BCUT2D eigenvalue weighted by atomic mass is 28.4. The van der Waals surface area contributed by atoms with E-state index in [9.17, 15) is 9.90 Å². The zero-order valence-corrected chi connectivity index (χ0v) is 17.8. The van der Waals surface area contributed by atoms with Gasteiger partial charge in [-0.2, -0.15) is 0 Å². The molecule has 3 aliphatic carbocycles. The second kappa shape index (κ2) is 4.95. The molecular formula is C20H36O3Si. The van der Waals surface area contributed by atoms with Crippen LogP contribution < -0.4 is 0 Å². The number of rotatable bonds is 2. The molecule has 3 aliphatic rings. The van der Waals surface area contributed by atoms with Crippen LogP contribution in [0.1, 0.15) is 67.2 Å². The topological polar surface area (TPSA) is 46.5 Å². The molecule has 0 unspecified atom stereocenters. The second-order valence-electron chi connectivity index (χ2n) is 11.0. The molecule has 2 bridgehead atoms. The summed E-state index contributed by atoms with van der Waals surface area (Å²) in [7, 11) is -1.89. The maximum Gasteiger partial charge on any atom is 0.192 e. The van der Waals surface area contributed by atoms with Crippen LogP contribution in [0.15, 0.2) is 0 Å². The van der Waals surface area contributed by atoms with E-state index >= 15 is 0 Å². The quantitative estimate of drug-likeness (QED) is 0.742. The molecule has 3 saturated carbocycles. The molecular weight excluding hydrogens is 316 g/mol. The lowest BCUT2D eigenvalue weighted by molar-refractivity contribution is -0.163. The smallest absolute Gasteiger partial charge is 0.192 e. The van der Waals surface area contributed by atoms with Crippen LogP contribution in [0.2, 0.25) is 18.1 Å². The monoisotopic (exact) mass is 352 g/mol. The Bertz CT molecular complexity index is 562. The largest absolute Gasteiger partial charge is 0.413 e. The Labute approximate surface area is 148 Å². The van der Waals surface area contributed by atoms with Crippen LogP contribution in [0, 0.1) is 22.2 Å². The molecule has 3 nitrogen and oxygen atoms in total. The number of aliphatic hydroxyl groups excluding tert-OH is 1. The third kappa shape index (κ3) is 1.99. The molecule has 0 aromatic carbocycles. The van der Waals surface area contributed by atoms with Crippen molar-refractivity contribution in [3.8, 4) is 0 Å². The highest BCUT2D eigenvalue weighted by Gasteiger charge is 2.77. The van der Waals surface area contributed by atoms with Crippen molar-refractivity contribution in [3.63, 3.8) is 0 Å². The molecule has 5 atom stereocenters. The van der Waals surface area contributed by atoms with Gasteiger partial charge < -0.3 is 9.53 Å². The van der Waals surface area contributed by atoms with Crippen molar-refractivity contribution in [2.45, 2.75) is 97.6 Å². The summed E-state index contributed by atoms with van der Waals surface area (Å²) in [5, 5.41) is 10.8. The van der Waals surface area contributed by atoms with Gasteiger partial charge in [0.05, 0.1) is 12.2 Å². The summed E-state index contributed by atoms with van der Waals surface area (Å²) in [6, 6.07) is 0. The van der Waals surface area contributed by atoms with Crippen molar-refractivity contribution in [2.24, 2.45) is 22.2 Å². The molecule has 0 aromatic heterocycles. The Kier molecular flexibility index (Phi) is 3.84. The van der Waals surface area contributed by atoms with Crippen LogP contribution in [-0.2, 0) is 9.22 Å². The predicted molar refractivity (Wildman–Crippen MR) is 99.4 cm³/mol. The van der Waals surface area contributed by atoms with Crippen LogP contribution >= 0.6 is 0 Å². The zero-order valence-electron chi connectivity index (χ0n) is 16.8. The van der Waals surface area contributed by atoms with Gasteiger partial charge in [-0.05, 0) is 48.7 Å².